The van der Waals surface area contributed by atoms with Crippen LogP contribution in [0.15, 0.2) is 60.7 Å². The lowest BCUT2D eigenvalue weighted by Crippen LogP contribution is -2.41. The molecule has 4 atom stereocenters. The number of esters is 3. The molecule has 0 spiro atoms. The predicted octanol–water partition coefficient (Wildman–Crippen LogP) is 3.14. The maximum atomic E-state index is 12.6. The van der Waals surface area contributed by atoms with Crippen LogP contribution in [0.5, 0.6) is 0 Å². The van der Waals surface area contributed by atoms with Gasteiger partial charge in [-0.3, -0.25) is 4.79 Å². The third kappa shape index (κ3) is 5.00. The first kappa shape index (κ1) is 20.5. The number of benzene rings is 2. The van der Waals surface area contributed by atoms with Crippen molar-refractivity contribution in [1.29, 1.82) is 0 Å². The van der Waals surface area contributed by atoms with E-state index in [4.69, 9.17) is 18.9 Å². The Kier molecular flexibility index (Phi) is 6.61. The highest BCUT2D eigenvalue weighted by Crippen LogP contribution is 2.31. The van der Waals surface area contributed by atoms with Crippen molar-refractivity contribution in [2.45, 2.75) is 44.9 Å². The summed E-state index contributed by atoms with van der Waals surface area (Å²) in [5.74, 6) is -1.81. The summed E-state index contributed by atoms with van der Waals surface area (Å²) in [5, 5.41) is 0. The molecule has 29 heavy (non-hydrogen) atoms. The molecule has 1 aliphatic rings. The number of hydrogen-bond donors (Lipinski definition) is 0. The Balaban J connectivity index is 1.83. The third-order valence-electron chi connectivity index (χ3n) is 4.46. The monoisotopic (exact) mass is 398 g/mol. The molecule has 2 aromatic carbocycles. The third-order valence-corrected chi connectivity index (χ3v) is 4.46. The molecule has 0 aromatic heterocycles. The summed E-state index contributed by atoms with van der Waals surface area (Å²) in [4.78, 5) is 36.6. The Labute approximate surface area is 168 Å². The van der Waals surface area contributed by atoms with E-state index in [0.29, 0.717) is 17.5 Å². The average Bonchev–Trinajstić information content (AvgIpc) is 3.04. The Morgan fingerprint density at radius 3 is 1.72 bits per heavy atom. The van der Waals surface area contributed by atoms with Gasteiger partial charge in [-0.25, -0.2) is 9.59 Å². The van der Waals surface area contributed by atoms with Gasteiger partial charge < -0.3 is 18.9 Å². The highest BCUT2D eigenvalue weighted by molar-refractivity contribution is 5.90. The highest BCUT2D eigenvalue weighted by atomic mass is 16.7. The summed E-state index contributed by atoms with van der Waals surface area (Å²) in [5.41, 5.74) is 0.675. The van der Waals surface area contributed by atoms with Crippen LogP contribution < -0.4 is 0 Å². The van der Waals surface area contributed by atoms with Gasteiger partial charge in [0.25, 0.3) is 0 Å². The molecule has 0 N–H and O–H groups in total. The summed E-state index contributed by atoms with van der Waals surface area (Å²) in [6.45, 7) is 3.06. The smallest absolute Gasteiger partial charge is 0.338 e. The van der Waals surface area contributed by atoms with Crippen molar-refractivity contribution in [3.05, 3.63) is 71.8 Å². The number of carbonyl (C=O) groups is 3. The molecule has 0 aliphatic carbocycles. The molecule has 0 saturated carbocycles. The lowest BCUT2D eigenvalue weighted by atomic mass is 10.1. The minimum atomic E-state index is -1.17. The SMILES string of the molecule is CC[C@H]1O[C@@H](OC(C)=O)[C@@H](OC(=O)c2ccccc2)C1OC(=O)c1ccccc1. The van der Waals surface area contributed by atoms with E-state index in [9.17, 15) is 14.4 Å². The van der Waals surface area contributed by atoms with Crippen molar-refractivity contribution in [3.8, 4) is 0 Å². The van der Waals surface area contributed by atoms with Crippen molar-refractivity contribution in [1.82, 2.24) is 0 Å². The van der Waals surface area contributed by atoms with Crippen LogP contribution >= 0.6 is 0 Å². The second-order valence-electron chi connectivity index (χ2n) is 6.53. The standard InChI is InChI=1S/C22H22O7/c1-3-17-18(28-20(24)15-10-6-4-7-11-15)19(22(27-17)26-14(2)23)29-21(25)16-12-8-5-9-13-16/h4-13,17-19,22H,3H2,1-2H3/t17-,18?,19+,22-/m1/s1. The number of hydrogen-bond acceptors (Lipinski definition) is 7. The Hall–Kier alpha value is -3.19. The molecule has 0 bridgehead atoms. The number of carbonyl (C=O) groups excluding carboxylic acids is 3. The molecule has 1 aliphatic heterocycles. The first-order valence-electron chi connectivity index (χ1n) is 9.34. The van der Waals surface area contributed by atoms with Gasteiger partial charge in [0.1, 0.15) is 6.10 Å². The van der Waals surface area contributed by atoms with Gasteiger partial charge in [-0.1, -0.05) is 43.3 Å². The normalized spacial score (nSPS) is 23.2. The predicted molar refractivity (Wildman–Crippen MR) is 102 cm³/mol. The van der Waals surface area contributed by atoms with Crippen LogP contribution in [0.1, 0.15) is 41.0 Å². The fraction of sp³-hybridized carbons (Fsp3) is 0.318. The fourth-order valence-corrected chi connectivity index (χ4v) is 3.08. The maximum Gasteiger partial charge on any atom is 0.338 e. The quantitative estimate of drug-likeness (QED) is 0.546. The highest BCUT2D eigenvalue weighted by Gasteiger charge is 2.50. The van der Waals surface area contributed by atoms with Crippen LogP contribution in [0.25, 0.3) is 0 Å². The number of rotatable bonds is 6. The van der Waals surface area contributed by atoms with Gasteiger partial charge in [-0.05, 0) is 30.7 Å². The van der Waals surface area contributed by atoms with Crippen LogP contribution in [-0.4, -0.2) is 42.5 Å². The van der Waals surface area contributed by atoms with Crippen LogP contribution in [-0.2, 0) is 23.7 Å². The topological polar surface area (TPSA) is 88.1 Å². The van der Waals surface area contributed by atoms with E-state index in [1.807, 2.05) is 6.92 Å². The first-order chi connectivity index (χ1) is 14.0. The van der Waals surface area contributed by atoms with Gasteiger partial charge in [0.15, 0.2) is 6.10 Å². The van der Waals surface area contributed by atoms with E-state index in [0.717, 1.165) is 0 Å². The lowest BCUT2D eigenvalue weighted by Gasteiger charge is -2.23. The molecular weight excluding hydrogens is 376 g/mol. The first-order valence-corrected chi connectivity index (χ1v) is 9.34. The summed E-state index contributed by atoms with van der Waals surface area (Å²) < 4.78 is 22.1. The van der Waals surface area contributed by atoms with E-state index >= 15 is 0 Å². The summed E-state index contributed by atoms with van der Waals surface area (Å²) in [6.07, 6.45) is -3.32. The van der Waals surface area contributed by atoms with Gasteiger partial charge in [0.05, 0.1) is 11.1 Å². The molecule has 3 rings (SSSR count). The van der Waals surface area contributed by atoms with Crippen molar-refractivity contribution in [2.75, 3.05) is 0 Å². The largest absolute Gasteiger partial charge is 0.452 e. The zero-order valence-corrected chi connectivity index (χ0v) is 16.1. The molecule has 1 fully saturated rings. The van der Waals surface area contributed by atoms with Crippen molar-refractivity contribution in [3.63, 3.8) is 0 Å². The molecular formula is C22H22O7. The van der Waals surface area contributed by atoms with E-state index in [-0.39, 0.29) is 0 Å². The van der Waals surface area contributed by atoms with Crippen molar-refractivity contribution < 1.29 is 33.3 Å². The van der Waals surface area contributed by atoms with Gasteiger partial charge in [0, 0.05) is 6.92 Å². The molecule has 7 heteroatoms. The number of ether oxygens (including phenoxy) is 4. The molecule has 1 saturated heterocycles. The van der Waals surface area contributed by atoms with Crippen LogP contribution in [0.4, 0.5) is 0 Å². The van der Waals surface area contributed by atoms with E-state index < -0.39 is 42.5 Å². The minimum absolute atomic E-state index is 0.321. The van der Waals surface area contributed by atoms with E-state index in [1.165, 1.54) is 6.92 Å². The molecule has 152 valence electrons. The van der Waals surface area contributed by atoms with Crippen molar-refractivity contribution in [2.24, 2.45) is 0 Å². The van der Waals surface area contributed by atoms with Crippen LogP contribution in [0.3, 0.4) is 0 Å². The van der Waals surface area contributed by atoms with Gasteiger partial charge in [0.2, 0.25) is 12.4 Å². The maximum absolute atomic E-state index is 12.6. The minimum Gasteiger partial charge on any atom is -0.452 e. The second-order valence-corrected chi connectivity index (χ2v) is 6.53. The molecule has 2 aromatic rings. The Bertz CT molecular complexity index is 850. The summed E-state index contributed by atoms with van der Waals surface area (Å²) >= 11 is 0. The van der Waals surface area contributed by atoms with Gasteiger partial charge >= 0.3 is 17.9 Å². The van der Waals surface area contributed by atoms with Gasteiger partial charge in [-0.2, -0.15) is 0 Å². The van der Waals surface area contributed by atoms with Gasteiger partial charge in [-0.15, -0.1) is 0 Å². The lowest BCUT2D eigenvalue weighted by molar-refractivity contribution is -0.186. The summed E-state index contributed by atoms with van der Waals surface area (Å²) in [6, 6.07) is 16.8. The zero-order chi connectivity index (χ0) is 20.8. The Morgan fingerprint density at radius 2 is 1.28 bits per heavy atom. The fourth-order valence-electron chi connectivity index (χ4n) is 3.08. The molecule has 7 nitrogen and oxygen atoms in total. The molecule has 0 radical (unpaired) electrons. The van der Waals surface area contributed by atoms with Crippen LogP contribution in [0, 0.1) is 0 Å². The molecule has 0 amide bonds. The van der Waals surface area contributed by atoms with E-state index in [1.54, 1.807) is 60.7 Å². The Morgan fingerprint density at radius 1 is 0.793 bits per heavy atom. The summed E-state index contributed by atoms with van der Waals surface area (Å²) in [7, 11) is 0. The van der Waals surface area contributed by atoms with E-state index in [2.05, 4.69) is 0 Å². The average molecular weight is 398 g/mol. The van der Waals surface area contributed by atoms with Crippen molar-refractivity contribution >= 4 is 17.9 Å². The molecule has 1 heterocycles. The molecule has 1 unspecified atom stereocenters. The van der Waals surface area contributed by atoms with Crippen LogP contribution in [0.2, 0.25) is 0 Å². The zero-order valence-electron chi connectivity index (χ0n) is 16.1. The second kappa shape index (κ2) is 9.34.